The number of hydrogen-bond donors (Lipinski definition) is 2. The summed E-state index contributed by atoms with van der Waals surface area (Å²) in [5.74, 6) is -0.241. The lowest BCUT2D eigenvalue weighted by Crippen LogP contribution is -2.30. The number of carbonyl (C=O) groups excluding carboxylic acids is 2. The van der Waals surface area contributed by atoms with Crippen LogP contribution in [0.3, 0.4) is 0 Å². The van der Waals surface area contributed by atoms with E-state index in [1.807, 2.05) is 26.2 Å². The average Bonchev–Trinajstić information content (AvgIpc) is 3.87. The molecule has 3 unspecified atom stereocenters. The second-order valence-corrected chi connectivity index (χ2v) is 11.6. The number of hydroxylamine groups is 1. The molecule has 0 radical (unpaired) electrons. The first kappa shape index (κ1) is 29.0. The number of amides is 1. The minimum Gasteiger partial charge on any atom is -0.489 e. The van der Waals surface area contributed by atoms with E-state index in [-0.39, 0.29) is 23.8 Å². The maximum Gasteiger partial charge on any atom is 0.433 e. The summed E-state index contributed by atoms with van der Waals surface area (Å²) in [6.07, 6.45) is -0.973. The number of Topliss-reactive ketones (excluding diaryl/α,β-unsaturated/α-hetero) is 1. The summed E-state index contributed by atoms with van der Waals surface area (Å²) in [4.78, 5) is 31.7. The molecule has 2 fully saturated rings. The normalized spacial score (nSPS) is 23.4. The van der Waals surface area contributed by atoms with Crippen LogP contribution in [0.25, 0.3) is 10.9 Å². The summed E-state index contributed by atoms with van der Waals surface area (Å²) in [6.45, 7) is 0.886. The van der Waals surface area contributed by atoms with Gasteiger partial charge >= 0.3 is 6.18 Å². The first-order chi connectivity index (χ1) is 19.5. The summed E-state index contributed by atoms with van der Waals surface area (Å²) in [5, 5.41) is 9.80. The number of nitrogens with one attached hydrogen (secondary N) is 1. The molecule has 0 saturated heterocycles. The predicted molar refractivity (Wildman–Crippen MR) is 146 cm³/mol. The topological polar surface area (TPSA) is 91.8 Å². The van der Waals surface area contributed by atoms with Crippen molar-refractivity contribution in [3.8, 4) is 5.75 Å². The summed E-state index contributed by atoms with van der Waals surface area (Å²) < 4.78 is 46.0. The highest BCUT2D eigenvalue weighted by Gasteiger charge is 2.66. The van der Waals surface area contributed by atoms with Gasteiger partial charge in [-0.05, 0) is 88.5 Å². The molecule has 1 amide bonds. The molecule has 2 N–H and O–H groups in total. The Morgan fingerprint density at radius 2 is 1.88 bits per heavy atom. The van der Waals surface area contributed by atoms with Crippen molar-refractivity contribution in [3.63, 3.8) is 0 Å². The van der Waals surface area contributed by atoms with E-state index in [1.165, 1.54) is 6.07 Å². The van der Waals surface area contributed by atoms with Gasteiger partial charge in [0, 0.05) is 22.3 Å². The SMILES string of the molecule is CN(C)CCCC1CC1C(=O)[C@@]1(Cc2ccc(OCc3cc(C(F)(F)F)nc4ccccc34)cc2)CC1C(=O)NO. The number of benzene rings is 2. The molecule has 10 heteroatoms. The number of rotatable bonds is 12. The van der Waals surface area contributed by atoms with E-state index < -0.39 is 29.1 Å². The Hall–Kier alpha value is -3.50. The Labute approximate surface area is 236 Å². The summed E-state index contributed by atoms with van der Waals surface area (Å²) >= 11 is 0. The van der Waals surface area contributed by atoms with E-state index in [2.05, 4.69) is 9.88 Å². The van der Waals surface area contributed by atoms with Crippen molar-refractivity contribution in [2.24, 2.45) is 23.2 Å². The lowest BCUT2D eigenvalue weighted by Gasteiger charge is -2.17. The smallest absolute Gasteiger partial charge is 0.433 e. The van der Waals surface area contributed by atoms with Crippen LogP contribution in [-0.4, -0.2) is 47.4 Å². The van der Waals surface area contributed by atoms with Gasteiger partial charge in [0.1, 0.15) is 23.8 Å². The summed E-state index contributed by atoms with van der Waals surface area (Å²) in [7, 11) is 4.04. The number of fused-ring (bicyclic) bond motifs is 1. The molecule has 2 aliphatic carbocycles. The van der Waals surface area contributed by atoms with Gasteiger partial charge in [-0.3, -0.25) is 14.8 Å². The van der Waals surface area contributed by atoms with E-state index in [0.29, 0.717) is 35.5 Å². The molecule has 3 aromatic rings. The highest BCUT2D eigenvalue weighted by atomic mass is 19.4. The fraction of sp³-hybridized carbons (Fsp3) is 0.452. The number of nitrogens with zero attached hydrogens (tertiary/aromatic N) is 2. The molecule has 218 valence electrons. The Bertz CT molecular complexity index is 1430. The Morgan fingerprint density at radius 1 is 1.15 bits per heavy atom. The minimum absolute atomic E-state index is 0.0481. The van der Waals surface area contributed by atoms with Crippen molar-refractivity contribution in [1.29, 1.82) is 0 Å². The predicted octanol–water partition coefficient (Wildman–Crippen LogP) is 5.43. The van der Waals surface area contributed by atoms with Gasteiger partial charge in [-0.1, -0.05) is 30.3 Å². The number of pyridine rings is 1. The fourth-order valence-electron chi connectivity index (χ4n) is 5.95. The largest absolute Gasteiger partial charge is 0.489 e. The van der Waals surface area contributed by atoms with Gasteiger partial charge in [0.15, 0.2) is 0 Å². The first-order valence-corrected chi connectivity index (χ1v) is 13.8. The lowest BCUT2D eigenvalue weighted by atomic mass is 9.86. The van der Waals surface area contributed by atoms with E-state index in [4.69, 9.17) is 4.74 Å². The average molecular weight is 570 g/mol. The van der Waals surface area contributed by atoms with E-state index >= 15 is 0 Å². The zero-order valence-corrected chi connectivity index (χ0v) is 23.1. The molecular formula is C31H34F3N3O4. The zero-order valence-electron chi connectivity index (χ0n) is 23.1. The zero-order chi connectivity index (χ0) is 29.4. The molecule has 4 atom stereocenters. The fourth-order valence-corrected chi connectivity index (χ4v) is 5.95. The molecule has 2 aliphatic rings. The third-order valence-electron chi connectivity index (χ3n) is 8.36. The molecule has 1 heterocycles. The number of para-hydroxylation sites is 1. The molecule has 7 nitrogen and oxygen atoms in total. The van der Waals surface area contributed by atoms with Crippen LogP contribution in [0.4, 0.5) is 13.2 Å². The molecule has 0 spiro atoms. The van der Waals surface area contributed by atoms with Gasteiger partial charge in [-0.2, -0.15) is 13.2 Å². The van der Waals surface area contributed by atoms with Gasteiger partial charge in [0.05, 0.1) is 11.4 Å². The number of alkyl halides is 3. The third kappa shape index (κ3) is 6.38. The van der Waals surface area contributed by atoms with Crippen molar-refractivity contribution in [2.45, 2.75) is 44.9 Å². The maximum atomic E-state index is 13.6. The molecule has 2 saturated carbocycles. The van der Waals surface area contributed by atoms with E-state index in [0.717, 1.165) is 37.4 Å². The Morgan fingerprint density at radius 3 is 2.56 bits per heavy atom. The van der Waals surface area contributed by atoms with Crippen LogP contribution in [-0.2, 0) is 28.8 Å². The standard InChI is InChI=1S/C31H34F3N3O4/c1-37(2)13-5-6-20-14-24(20)28(38)30(17-25(30)29(39)36-40)16-19-9-11-22(12-10-19)41-18-21-15-27(31(32,33)34)35-26-8-4-3-7-23(21)26/h3-4,7-12,15,20,24-25,40H,5-6,13-14,16-18H2,1-2H3,(H,36,39)/t20?,24?,25?,30-/m0/s1. The number of hydrogen-bond acceptors (Lipinski definition) is 6. The van der Waals surface area contributed by atoms with E-state index in [1.54, 1.807) is 35.8 Å². The molecule has 0 aliphatic heterocycles. The first-order valence-electron chi connectivity index (χ1n) is 13.8. The Balaban J connectivity index is 1.26. The van der Waals surface area contributed by atoms with E-state index in [9.17, 15) is 28.0 Å². The lowest BCUT2D eigenvalue weighted by molar-refractivity contribution is -0.141. The molecular weight excluding hydrogens is 535 g/mol. The second-order valence-electron chi connectivity index (χ2n) is 11.6. The third-order valence-corrected chi connectivity index (χ3v) is 8.36. The van der Waals surface area contributed by atoms with Crippen molar-refractivity contribution in [2.75, 3.05) is 20.6 Å². The quantitative estimate of drug-likeness (QED) is 0.223. The van der Waals surface area contributed by atoms with Crippen LogP contribution >= 0.6 is 0 Å². The van der Waals surface area contributed by atoms with Crippen LogP contribution in [0.15, 0.2) is 54.6 Å². The monoisotopic (exact) mass is 569 g/mol. The van der Waals surface area contributed by atoms with Gasteiger partial charge in [0.25, 0.3) is 0 Å². The van der Waals surface area contributed by atoms with Gasteiger partial charge in [-0.25, -0.2) is 10.5 Å². The number of halogens is 3. The van der Waals surface area contributed by atoms with Gasteiger partial charge < -0.3 is 9.64 Å². The molecule has 1 aromatic heterocycles. The van der Waals surface area contributed by atoms with Crippen molar-refractivity contribution >= 4 is 22.6 Å². The van der Waals surface area contributed by atoms with Gasteiger partial charge in [0.2, 0.25) is 5.91 Å². The number of carbonyl (C=O) groups is 2. The van der Waals surface area contributed by atoms with Crippen molar-refractivity contribution in [1.82, 2.24) is 15.4 Å². The second kappa shape index (κ2) is 11.4. The van der Waals surface area contributed by atoms with Crippen LogP contribution in [0.5, 0.6) is 5.75 Å². The highest BCUT2D eigenvalue weighted by Crippen LogP contribution is 2.61. The van der Waals surface area contributed by atoms with Crippen molar-refractivity contribution < 1.29 is 32.7 Å². The van der Waals surface area contributed by atoms with Crippen LogP contribution in [0, 0.1) is 23.2 Å². The van der Waals surface area contributed by atoms with Gasteiger partial charge in [-0.15, -0.1) is 0 Å². The Kier molecular flexibility index (Phi) is 8.07. The van der Waals surface area contributed by atoms with Crippen LogP contribution in [0.1, 0.15) is 42.5 Å². The molecule has 0 bridgehead atoms. The maximum absolute atomic E-state index is 13.6. The minimum atomic E-state index is -4.58. The molecule has 41 heavy (non-hydrogen) atoms. The van der Waals surface area contributed by atoms with Crippen LogP contribution in [0.2, 0.25) is 0 Å². The number of aromatic nitrogens is 1. The molecule has 5 rings (SSSR count). The van der Waals surface area contributed by atoms with Crippen LogP contribution < -0.4 is 10.2 Å². The number of ketones is 1. The number of ether oxygens (including phenoxy) is 1. The molecule has 2 aromatic carbocycles. The highest BCUT2D eigenvalue weighted by molar-refractivity contribution is 5.99. The summed E-state index contributed by atoms with van der Waals surface area (Å²) in [6, 6.07) is 14.7. The van der Waals surface area contributed by atoms with Crippen molar-refractivity contribution in [3.05, 3.63) is 71.4 Å². The summed E-state index contributed by atoms with van der Waals surface area (Å²) in [5.41, 5.74) is 1.37.